The molecule has 0 bridgehead atoms. The van der Waals surface area contributed by atoms with E-state index in [1.54, 1.807) is 30.6 Å². The summed E-state index contributed by atoms with van der Waals surface area (Å²) < 4.78 is 0. The van der Waals surface area contributed by atoms with Gasteiger partial charge in [-0.15, -0.1) is 11.3 Å². The van der Waals surface area contributed by atoms with Gasteiger partial charge in [-0.05, 0) is 60.8 Å². The molecular weight excluding hydrogens is 370 g/mol. The van der Waals surface area contributed by atoms with E-state index in [2.05, 4.69) is 31.1 Å². The van der Waals surface area contributed by atoms with E-state index in [1.165, 1.54) is 21.8 Å². The largest absolute Gasteiger partial charge is 0.332 e. The van der Waals surface area contributed by atoms with E-state index in [1.807, 2.05) is 19.1 Å². The van der Waals surface area contributed by atoms with Crippen LogP contribution in [0.4, 0.5) is 5.82 Å². The topological polar surface area (TPSA) is 62.3 Å². The van der Waals surface area contributed by atoms with Crippen LogP contribution in [0.15, 0.2) is 24.4 Å². The molecule has 0 saturated carbocycles. The first kappa shape index (κ1) is 20.5. The van der Waals surface area contributed by atoms with Crippen LogP contribution in [0, 0.1) is 18.3 Å². The van der Waals surface area contributed by atoms with E-state index in [-0.39, 0.29) is 23.8 Å². The molecule has 28 heavy (non-hydrogen) atoms. The highest BCUT2D eigenvalue weighted by molar-refractivity contribution is 7.14. The van der Waals surface area contributed by atoms with Crippen molar-refractivity contribution >= 4 is 29.0 Å². The molecule has 0 fully saturated rings. The highest BCUT2D eigenvalue weighted by Gasteiger charge is 2.31. The van der Waals surface area contributed by atoms with Gasteiger partial charge in [-0.25, -0.2) is 4.98 Å². The van der Waals surface area contributed by atoms with E-state index in [0.29, 0.717) is 11.7 Å². The molecule has 3 rings (SSSR count). The van der Waals surface area contributed by atoms with Crippen LogP contribution in [-0.4, -0.2) is 35.3 Å². The number of carbonyl (C=O) groups is 2. The Morgan fingerprint density at radius 3 is 2.71 bits per heavy atom. The number of nitrogens with zero attached hydrogens (tertiary/aromatic N) is 2. The minimum Gasteiger partial charge on any atom is -0.332 e. The highest BCUT2D eigenvalue weighted by atomic mass is 32.1. The molecule has 150 valence electrons. The SMILES string of the molecule is Cc1ccc(NC(=O)CN(C)C(=O)c2cc3c(s2)CCC(C(C)(C)C)C3)nc1. The van der Waals surface area contributed by atoms with Gasteiger partial charge in [0.15, 0.2) is 0 Å². The summed E-state index contributed by atoms with van der Waals surface area (Å²) in [5.74, 6) is 0.791. The molecule has 2 aromatic heterocycles. The van der Waals surface area contributed by atoms with Crippen LogP contribution in [0.1, 0.15) is 52.9 Å². The lowest BCUT2D eigenvalue weighted by Gasteiger charge is -2.33. The predicted octanol–water partition coefficient (Wildman–Crippen LogP) is 4.31. The van der Waals surface area contributed by atoms with Crippen molar-refractivity contribution in [1.82, 2.24) is 9.88 Å². The van der Waals surface area contributed by atoms with Gasteiger partial charge in [-0.1, -0.05) is 26.8 Å². The number of amides is 2. The molecule has 6 heteroatoms. The number of carbonyl (C=O) groups excluding carboxylic acids is 2. The average Bonchev–Trinajstić information content (AvgIpc) is 3.05. The number of likely N-dealkylation sites (N-methyl/N-ethyl adjacent to an activating group) is 1. The van der Waals surface area contributed by atoms with E-state index >= 15 is 0 Å². The van der Waals surface area contributed by atoms with Gasteiger partial charge in [-0.2, -0.15) is 0 Å². The molecule has 0 spiro atoms. The normalized spacial score (nSPS) is 16.4. The van der Waals surface area contributed by atoms with Crippen molar-refractivity contribution in [3.63, 3.8) is 0 Å². The van der Waals surface area contributed by atoms with Crippen LogP contribution < -0.4 is 5.32 Å². The number of anilines is 1. The molecule has 1 aliphatic rings. The van der Waals surface area contributed by atoms with E-state index in [9.17, 15) is 9.59 Å². The second kappa shape index (κ2) is 8.03. The summed E-state index contributed by atoms with van der Waals surface area (Å²) in [5, 5.41) is 2.74. The fourth-order valence-electron chi connectivity index (χ4n) is 3.57. The minimum atomic E-state index is -0.249. The van der Waals surface area contributed by atoms with Gasteiger partial charge < -0.3 is 10.2 Å². The first-order chi connectivity index (χ1) is 13.1. The summed E-state index contributed by atoms with van der Waals surface area (Å²) in [4.78, 5) is 32.8. The number of aryl methyl sites for hydroxylation is 2. The molecule has 0 saturated heterocycles. The molecule has 0 aliphatic heterocycles. The monoisotopic (exact) mass is 399 g/mol. The Bertz CT molecular complexity index is 865. The summed E-state index contributed by atoms with van der Waals surface area (Å²) in [6.07, 6.45) is 4.95. The summed E-state index contributed by atoms with van der Waals surface area (Å²) in [6.45, 7) is 8.81. The Balaban J connectivity index is 1.62. The van der Waals surface area contributed by atoms with Crippen molar-refractivity contribution in [1.29, 1.82) is 0 Å². The number of rotatable bonds is 4. The van der Waals surface area contributed by atoms with Crippen molar-refractivity contribution in [2.75, 3.05) is 18.9 Å². The van der Waals surface area contributed by atoms with Gasteiger partial charge in [0.1, 0.15) is 5.82 Å². The maximum Gasteiger partial charge on any atom is 0.264 e. The van der Waals surface area contributed by atoms with Crippen molar-refractivity contribution in [2.45, 2.75) is 47.0 Å². The van der Waals surface area contributed by atoms with Crippen LogP contribution in [0.25, 0.3) is 0 Å². The van der Waals surface area contributed by atoms with Crippen molar-refractivity contribution in [2.24, 2.45) is 11.3 Å². The van der Waals surface area contributed by atoms with Gasteiger partial charge in [0, 0.05) is 18.1 Å². The van der Waals surface area contributed by atoms with E-state index in [0.717, 1.165) is 23.3 Å². The minimum absolute atomic E-state index is 0.00156. The molecule has 1 N–H and O–H groups in total. The average molecular weight is 400 g/mol. The van der Waals surface area contributed by atoms with Gasteiger partial charge in [-0.3, -0.25) is 9.59 Å². The van der Waals surface area contributed by atoms with Gasteiger partial charge >= 0.3 is 0 Å². The van der Waals surface area contributed by atoms with Crippen LogP contribution in [0.3, 0.4) is 0 Å². The molecule has 0 radical (unpaired) electrons. The Morgan fingerprint density at radius 1 is 1.32 bits per heavy atom. The maximum atomic E-state index is 12.8. The summed E-state index contributed by atoms with van der Waals surface area (Å²) in [6, 6.07) is 5.68. The third kappa shape index (κ3) is 4.79. The number of pyridine rings is 1. The summed E-state index contributed by atoms with van der Waals surface area (Å²) >= 11 is 1.58. The lowest BCUT2D eigenvalue weighted by molar-refractivity contribution is -0.116. The Kier molecular flexibility index (Phi) is 5.89. The Hall–Kier alpha value is -2.21. The van der Waals surface area contributed by atoms with Crippen LogP contribution in [-0.2, 0) is 17.6 Å². The molecular formula is C22H29N3O2S. The fourth-order valence-corrected chi connectivity index (χ4v) is 4.77. The lowest BCUT2D eigenvalue weighted by Crippen LogP contribution is -2.34. The zero-order valence-corrected chi connectivity index (χ0v) is 18.2. The smallest absolute Gasteiger partial charge is 0.264 e. The van der Waals surface area contributed by atoms with Crippen LogP contribution in [0.5, 0.6) is 0 Å². The molecule has 1 unspecified atom stereocenters. The van der Waals surface area contributed by atoms with E-state index in [4.69, 9.17) is 0 Å². The Morgan fingerprint density at radius 2 is 2.07 bits per heavy atom. The molecule has 1 aliphatic carbocycles. The molecule has 2 amide bonds. The first-order valence-electron chi connectivity index (χ1n) is 9.73. The van der Waals surface area contributed by atoms with Crippen molar-refractivity contribution in [3.8, 4) is 0 Å². The third-order valence-electron chi connectivity index (χ3n) is 5.42. The number of hydrogen-bond acceptors (Lipinski definition) is 4. The van der Waals surface area contributed by atoms with Crippen molar-refractivity contribution in [3.05, 3.63) is 45.3 Å². The fraction of sp³-hybridized carbons (Fsp3) is 0.500. The van der Waals surface area contributed by atoms with Crippen molar-refractivity contribution < 1.29 is 9.59 Å². The molecule has 1 atom stereocenters. The zero-order chi connectivity index (χ0) is 20.5. The summed E-state index contributed by atoms with van der Waals surface area (Å²) in [7, 11) is 1.67. The predicted molar refractivity (Wildman–Crippen MR) is 114 cm³/mol. The quantitative estimate of drug-likeness (QED) is 0.833. The standard InChI is InChI=1S/C22H29N3O2S/c1-14-6-9-19(23-12-14)24-20(26)13-25(5)21(27)18-11-15-10-16(22(2,3)4)7-8-17(15)28-18/h6,9,11-12,16H,7-8,10,13H2,1-5H3,(H,23,24,26). The maximum absolute atomic E-state index is 12.8. The Labute approximate surface area is 171 Å². The van der Waals surface area contributed by atoms with Gasteiger partial charge in [0.25, 0.3) is 5.91 Å². The number of thiophene rings is 1. The number of hydrogen-bond donors (Lipinski definition) is 1. The molecule has 2 heterocycles. The lowest BCUT2D eigenvalue weighted by atomic mass is 9.72. The van der Waals surface area contributed by atoms with Gasteiger partial charge in [0.05, 0.1) is 11.4 Å². The molecule has 0 aromatic carbocycles. The number of aromatic nitrogens is 1. The third-order valence-corrected chi connectivity index (χ3v) is 6.65. The van der Waals surface area contributed by atoms with Crippen LogP contribution in [0.2, 0.25) is 0 Å². The summed E-state index contributed by atoms with van der Waals surface area (Å²) in [5.41, 5.74) is 2.62. The second-order valence-corrected chi connectivity index (χ2v) is 9.93. The highest BCUT2D eigenvalue weighted by Crippen LogP contribution is 2.40. The first-order valence-corrected chi connectivity index (χ1v) is 10.5. The number of fused-ring (bicyclic) bond motifs is 1. The second-order valence-electron chi connectivity index (χ2n) is 8.79. The number of nitrogens with one attached hydrogen (secondary N) is 1. The molecule has 5 nitrogen and oxygen atoms in total. The zero-order valence-electron chi connectivity index (χ0n) is 17.3. The molecule has 2 aromatic rings. The van der Waals surface area contributed by atoms with E-state index < -0.39 is 0 Å². The van der Waals surface area contributed by atoms with Gasteiger partial charge in [0.2, 0.25) is 5.91 Å². The van der Waals surface area contributed by atoms with Crippen LogP contribution >= 0.6 is 11.3 Å².